The van der Waals surface area contributed by atoms with Gasteiger partial charge in [-0.25, -0.2) is 4.98 Å². The normalized spacial score (nSPS) is 14.5. The highest BCUT2D eigenvalue weighted by Gasteiger charge is 2.20. The van der Waals surface area contributed by atoms with Crippen LogP contribution in [0.2, 0.25) is 0 Å². The third kappa shape index (κ3) is 3.40. The summed E-state index contributed by atoms with van der Waals surface area (Å²) >= 11 is 1.56. The number of thioether (sulfide) groups is 1. The van der Waals surface area contributed by atoms with Crippen LogP contribution in [0, 0.1) is 5.41 Å². The fourth-order valence-corrected chi connectivity index (χ4v) is 1.77. The quantitative estimate of drug-likeness (QED) is 0.759. The molecule has 0 bridgehead atoms. The summed E-state index contributed by atoms with van der Waals surface area (Å²) in [5.41, 5.74) is 6.12. The number of nitrogens with two attached hydrogens (primary N) is 1. The van der Waals surface area contributed by atoms with Crippen molar-refractivity contribution in [3.05, 3.63) is 12.5 Å². The Kier molecular flexibility index (Phi) is 3.39. The number of rotatable bonds is 3. The van der Waals surface area contributed by atoms with Gasteiger partial charge in [-0.05, 0) is 5.41 Å². The summed E-state index contributed by atoms with van der Waals surface area (Å²) in [5, 5.41) is 0.694. The van der Waals surface area contributed by atoms with E-state index in [4.69, 9.17) is 10.2 Å². The topological polar surface area (TPSA) is 52.0 Å². The van der Waals surface area contributed by atoms with Crippen LogP contribution >= 0.6 is 11.8 Å². The van der Waals surface area contributed by atoms with Crippen LogP contribution in [-0.2, 0) is 0 Å². The molecule has 1 rings (SSSR count). The van der Waals surface area contributed by atoms with Gasteiger partial charge in [0, 0.05) is 11.8 Å². The molecular formula is C9H16N2OS. The maximum atomic E-state index is 5.98. The van der Waals surface area contributed by atoms with Crippen molar-refractivity contribution in [2.45, 2.75) is 32.0 Å². The molecule has 0 radical (unpaired) electrons. The Balaban J connectivity index is 2.35. The molecule has 0 saturated heterocycles. The molecule has 0 aromatic carbocycles. The molecule has 0 spiro atoms. The van der Waals surface area contributed by atoms with Gasteiger partial charge in [-0.15, -0.1) is 0 Å². The van der Waals surface area contributed by atoms with E-state index >= 15 is 0 Å². The van der Waals surface area contributed by atoms with Gasteiger partial charge in [0.05, 0.1) is 6.20 Å². The molecule has 0 aliphatic heterocycles. The smallest absolute Gasteiger partial charge is 0.255 e. The van der Waals surface area contributed by atoms with E-state index in [1.165, 1.54) is 0 Å². The first-order chi connectivity index (χ1) is 6.00. The number of hydrogen-bond acceptors (Lipinski definition) is 4. The molecule has 4 heteroatoms. The molecule has 1 aromatic heterocycles. The van der Waals surface area contributed by atoms with Gasteiger partial charge in [-0.3, -0.25) is 0 Å². The minimum Gasteiger partial charge on any atom is -0.440 e. The van der Waals surface area contributed by atoms with E-state index in [1.54, 1.807) is 24.2 Å². The first kappa shape index (κ1) is 10.6. The monoisotopic (exact) mass is 200 g/mol. The lowest BCUT2D eigenvalue weighted by Gasteiger charge is -2.25. The molecule has 1 atom stereocenters. The van der Waals surface area contributed by atoms with Gasteiger partial charge in [-0.2, -0.15) is 0 Å². The number of aromatic nitrogens is 1. The summed E-state index contributed by atoms with van der Waals surface area (Å²) in [4.78, 5) is 4.01. The molecule has 13 heavy (non-hydrogen) atoms. The average molecular weight is 200 g/mol. The summed E-state index contributed by atoms with van der Waals surface area (Å²) in [6.07, 6.45) is 3.22. The number of oxazole rings is 1. The molecule has 3 nitrogen and oxygen atoms in total. The Morgan fingerprint density at radius 2 is 2.31 bits per heavy atom. The van der Waals surface area contributed by atoms with Gasteiger partial charge in [0.1, 0.15) is 6.26 Å². The molecule has 0 aliphatic carbocycles. The van der Waals surface area contributed by atoms with Crippen LogP contribution in [0.4, 0.5) is 0 Å². The second kappa shape index (κ2) is 4.15. The van der Waals surface area contributed by atoms with Crippen LogP contribution in [0.25, 0.3) is 0 Å². The lowest BCUT2D eigenvalue weighted by molar-refractivity contribution is 0.343. The van der Waals surface area contributed by atoms with Gasteiger partial charge < -0.3 is 10.2 Å². The van der Waals surface area contributed by atoms with Crippen LogP contribution in [0.1, 0.15) is 20.8 Å². The lowest BCUT2D eigenvalue weighted by atomic mass is 9.89. The van der Waals surface area contributed by atoms with E-state index < -0.39 is 0 Å². The molecule has 1 unspecified atom stereocenters. The van der Waals surface area contributed by atoms with Crippen LogP contribution in [0.15, 0.2) is 22.1 Å². The lowest BCUT2D eigenvalue weighted by Crippen LogP contribution is -2.37. The zero-order valence-electron chi connectivity index (χ0n) is 8.28. The van der Waals surface area contributed by atoms with Gasteiger partial charge in [0.15, 0.2) is 0 Å². The largest absolute Gasteiger partial charge is 0.440 e. The Labute approximate surface area is 83.1 Å². The average Bonchev–Trinajstić information content (AvgIpc) is 2.50. The van der Waals surface area contributed by atoms with Crippen LogP contribution in [0.3, 0.4) is 0 Å². The SMILES string of the molecule is CC(C)(C)C(N)CSc1ncco1. The van der Waals surface area contributed by atoms with E-state index in [0.29, 0.717) is 5.22 Å². The minimum atomic E-state index is 0.138. The predicted octanol–water partition coefficient (Wildman–Crippen LogP) is 2.14. The second-order valence-corrected chi connectivity index (χ2v) is 5.05. The van der Waals surface area contributed by atoms with Crippen LogP contribution in [0.5, 0.6) is 0 Å². The highest BCUT2D eigenvalue weighted by molar-refractivity contribution is 7.99. The molecule has 0 saturated carbocycles. The maximum absolute atomic E-state index is 5.98. The Bertz CT molecular complexity index is 241. The Morgan fingerprint density at radius 3 is 2.77 bits per heavy atom. The second-order valence-electron chi connectivity index (χ2n) is 4.08. The van der Waals surface area contributed by atoms with Crippen LogP contribution < -0.4 is 5.73 Å². The standard InChI is InChI=1S/C9H16N2OS/c1-9(2,3)7(10)6-13-8-11-4-5-12-8/h4-5,7H,6,10H2,1-3H3. The van der Waals surface area contributed by atoms with Crippen molar-refractivity contribution in [1.82, 2.24) is 4.98 Å². The number of hydrogen-bond donors (Lipinski definition) is 1. The summed E-state index contributed by atoms with van der Waals surface area (Å²) in [7, 11) is 0. The fourth-order valence-electron chi connectivity index (χ4n) is 0.693. The highest BCUT2D eigenvalue weighted by atomic mass is 32.2. The zero-order chi connectivity index (χ0) is 9.90. The van der Waals surface area contributed by atoms with E-state index in [-0.39, 0.29) is 11.5 Å². The van der Waals surface area contributed by atoms with Crippen molar-refractivity contribution >= 4 is 11.8 Å². The third-order valence-electron chi connectivity index (χ3n) is 1.91. The van der Waals surface area contributed by atoms with Gasteiger partial charge in [-0.1, -0.05) is 32.5 Å². The summed E-state index contributed by atoms with van der Waals surface area (Å²) in [6.45, 7) is 6.40. The Hall–Kier alpha value is -0.480. The Morgan fingerprint density at radius 1 is 1.62 bits per heavy atom. The van der Waals surface area contributed by atoms with Gasteiger partial charge in [0.2, 0.25) is 0 Å². The van der Waals surface area contributed by atoms with Crippen molar-refractivity contribution < 1.29 is 4.42 Å². The molecular weight excluding hydrogens is 184 g/mol. The summed E-state index contributed by atoms with van der Waals surface area (Å²) < 4.78 is 5.09. The number of nitrogens with zero attached hydrogens (tertiary/aromatic N) is 1. The molecule has 0 aliphatic rings. The highest BCUT2D eigenvalue weighted by Crippen LogP contribution is 2.23. The summed E-state index contributed by atoms with van der Waals surface area (Å²) in [5.74, 6) is 0.837. The summed E-state index contributed by atoms with van der Waals surface area (Å²) in [6, 6.07) is 0.157. The van der Waals surface area contributed by atoms with Crippen molar-refractivity contribution in [2.24, 2.45) is 11.1 Å². The van der Waals surface area contributed by atoms with Crippen molar-refractivity contribution in [1.29, 1.82) is 0 Å². The first-order valence-corrected chi connectivity index (χ1v) is 5.26. The molecule has 0 fully saturated rings. The van der Waals surface area contributed by atoms with E-state index in [0.717, 1.165) is 5.75 Å². The molecule has 1 aromatic rings. The van der Waals surface area contributed by atoms with Gasteiger partial charge in [0.25, 0.3) is 5.22 Å². The molecule has 0 amide bonds. The zero-order valence-corrected chi connectivity index (χ0v) is 9.10. The van der Waals surface area contributed by atoms with E-state index in [2.05, 4.69) is 25.8 Å². The van der Waals surface area contributed by atoms with Crippen molar-refractivity contribution in [2.75, 3.05) is 5.75 Å². The van der Waals surface area contributed by atoms with Crippen molar-refractivity contribution in [3.8, 4) is 0 Å². The fraction of sp³-hybridized carbons (Fsp3) is 0.667. The maximum Gasteiger partial charge on any atom is 0.255 e. The predicted molar refractivity (Wildman–Crippen MR) is 54.7 cm³/mol. The molecule has 1 heterocycles. The minimum absolute atomic E-state index is 0.138. The van der Waals surface area contributed by atoms with Crippen LogP contribution in [-0.4, -0.2) is 16.8 Å². The third-order valence-corrected chi connectivity index (χ3v) is 2.88. The van der Waals surface area contributed by atoms with E-state index in [9.17, 15) is 0 Å². The molecule has 2 N–H and O–H groups in total. The van der Waals surface area contributed by atoms with Crippen molar-refractivity contribution in [3.63, 3.8) is 0 Å². The van der Waals surface area contributed by atoms with Gasteiger partial charge >= 0.3 is 0 Å². The molecule has 74 valence electrons. The first-order valence-electron chi connectivity index (χ1n) is 4.28. The van der Waals surface area contributed by atoms with E-state index in [1.807, 2.05) is 0 Å².